The van der Waals surface area contributed by atoms with E-state index >= 15 is 0 Å². The molecule has 0 amide bonds. The number of hydrogen-bond donors (Lipinski definition) is 1. The lowest BCUT2D eigenvalue weighted by Crippen LogP contribution is -2.26. The standard InChI is InChI=1S/C15H18O5/c1-19-12-7-9-5-3-4-6-10(15(17)18)14(16)11(9)8-13(12)20-2/h7-8,10H,3-6H2,1-2H3,(H,17,18). The van der Waals surface area contributed by atoms with Crippen molar-refractivity contribution in [2.75, 3.05) is 14.2 Å². The number of rotatable bonds is 3. The van der Waals surface area contributed by atoms with Gasteiger partial charge in [-0.2, -0.15) is 0 Å². The number of carboxylic acid groups (broad SMARTS) is 1. The Morgan fingerprint density at radius 2 is 1.85 bits per heavy atom. The summed E-state index contributed by atoms with van der Waals surface area (Å²) < 4.78 is 10.4. The first-order chi connectivity index (χ1) is 9.58. The molecule has 0 fully saturated rings. The average molecular weight is 278 g/mol. The van der Waals surface area contributed by atoms with Crippen molar-refractivity contribution in [3.8, 4) is 11.5 Å². The normalized spacial score (nSPS) is 18.7. The minimum atomic E-state index is -1.06. The highest BCUT2D eigenvalue weighted by Crippen LogP contribution is 2.34. The number of aryl methyl sites for hydroxylation is 1. The number of aliphatic carboxylic acids is 1. The van der Waals surface area contributed by atoms with Crippen molar-refractivity contribution < 1.29 is 24.2 Å². The molecule has 0 heterocycles. The number of carbonyl (C=O) groups excluding carboxylic acids is 1. The number of fused-ring (bicyclic) bond motifs is 1. The van der Waals surface area contributed by atoms with Gasteiger partial charge in [-0.3, -0.25) is 9.59 Å². The van der Waals surface area contributed by atoms with Gasteiger partial charge in [0.2, 0.25) is 0 Å². The molecule has 0 spiro atoms. The molecule has 1 unspecified atom stereocenters. The SMILES string of the molecule is COc1cc2c(cc1OC)C(=O)C(C(=O)O)CCCC2. The van der Waals surface area contributed by atoms with E-state index in [2.05, 4.69) is 0 Å². The monoisotopic (exact) mass is 278 g/mol. The van der Waals surface area contributed by atoms with E-state index in [1.54, 1.807) is 12.1 Å². The van der Waals surface area contributed by atoms with Gasteiger partial charge in [-0.15, -0.1) is 0 Å². The molecule has 1 aromatic carbocycles. The Kier molecular flexibility index (Phi) is 4.27. The summed E-state index contributed by atoms with van der Waals surface area (Å²) >= 11 is 0. The van der Waals surface area contributed by atoms with E-state index in [0.717, 1.165) is 24.8 Å². The molecular weight excluding hydrogens is 260 g/mol. The predicted molar refractivity (Wildman–Crippen MR) is 72.6 cm³/mol. The van der Waals surface area contributed by atoms with E-state index in [1.807, 2.05) is 0 Å². The van der Waals surface area contributed by atoms with Crippen LogP contribution in [0.1, 0.15) is 35.2 Å². The van der Waals surface area contributed by atoms with E-state index in [-0.39, 0.29) is 5.78 Å². The van der Waals surface area contributed by atoms with Gasteiger partial charge in [-0.25, -0.2) is 0 Å². The molecule has 0 aliphatic heterocycles. The maximum Gasteiger partial charge on any atom is 0.314 e. The molecule has 1 aliphatic carbocycles. The largest absolute Gasteiger partial charge is 0.493 e. The predicted octanol–water partition coefficient (Wildman–Crippen LogP) is 2.31. The number of carbonyl (C=O) groups is 2. The van der Waals surface area contributed by atoms with Gasteiger partial charge in [0.05, 0.1) is 14.2 Å². The fourth-order valence-corrected chi connectivity index (χ4v) is 2.58. The van der Waals surface area contributed by atoms with Crippen LogP contribution in [0.5, 0.6) is 11.5 Å². The van der Waals surface area contributed by atoms with E-state index < -0.39 is 11.9 Å². The van der Waals surface area contributed by atoms with Crippen LogP contribution in [-0.4, -0.2) is 31.1 Å². The van der Waals surface area contributed by atoms with Gasteiger partial charge in [-0.05, 0) is 37.0 Å². The van der Waals surface area contributed by atoms with Gasteiger partial charge in [-0.1, -0.05) is 6.42 Å². The van der Waals surface area contributed by atoms with Crippen molar-refractivity contribution >= 4 is 11.8 Å². The lowest BCUT2D eigenvalue weighted by atomic mass is 9.85. The minimum Gasteiger partial charge on any atom is -0.493 e. The second-order valence-corrected chi connectivity index (χ2v) is 4.87. The summed E-state index contributed by atoms with van der Waals surface area (Å²) in [6.07, 6.45) is 2.73. The Labute approximate surface area is 117 Å². The van der Waals surface area contributed by atoms with Crippen molar-refractivity contribution in [3.05, 3.63) is 23.3 Å². The van der Waals surface area contributed by atoms with Crippen molar-refractivity contribution in [1.29, 1.82) is 0 Å². The molecule has 0 radical (unpaired) electrons. The first-order valence-corrected chi connectivity index (χ1v) is 6.60. The van der Waals surface area contributed by atoms with Gasteiger partial charge in [0, 0.05) is 5.56 Å². The molecule has 0 bridgehead atoms. The van der Waals surface area contributed by atoms with E-state index in [0.29, 0.717) is 23.5 Å². The van der Waals surface area contributed by atoms with Crippen LogP contribution < -0.4 is 9.47 Å². The zero-order valence-electron chi connectivity index (χ0n) is 11.6. The summed E-state index contributed by atoms with van der Waals surface area (Å²) in [4.78, 5) is 23.7. The van der Waals surface area contributed by atoms with Crippen LogP contribution in [0.3, 0.4) is 0 Å². The Morgan fingerprint density at radius 3 is 2.45 bits per heavy atom. The van der Waals surface area contributed by atoms with Gasteiger partial charge >= 0.3 is 5.97 Å². The Hall–Kier alpha value is -2.04. The summed E-state index contributed by atoms with van der Waals surface area (Å²) in [5.41, 5.74) is 1.27. The third-order valence-corrected chi connectivity index (χ3v) is 3.68. The highest BCUT2D eigenvalue weighted by Gasteiger charge is 2.30. The fraction of sp³-hybridized carbons (Fsp3) is 0.467. The molecule has 1 N–H and O–H groups in total. The quantitative estimate of drug-likeness (QED) is 0.859. The van der Waals surface area contributed by atoms with Crippen molar-refractivity contribution in [2.45, 2.75) is 25.7 Å². The molecule has 1 aliphatic rings. The molecular formula is C15H18O5. The second kappa shape index (κ2) is 5.94. The lowest BCUT2D eigenvalue weighted by Gasteiger charge is -2.20. The van der Waals surface area contributed by atoms with Crippen LogP contribution in [0.4, 0.5) is 0 Å². The number of ether oxygens (including phenoxy) is 2. The number of carboxylic acids is 1. The van der Waals surface area contributed by atoms with Gasteiger partial charge in [0.15, 0.2) is 17.3 Å². The average Bonchev–Trinajstić information content (AvgIpc) is 2.43. The first-order valence-electron chi connectivity index (χ1n) is 6.60. The molecule has 5 heteroatoms. The number of benzene rings is 1. The lowest BCUT2D eigenvalue weighted by molar-refractivity contribution is -0.140. The summed E-state index contributed by atoms with van der Waals surface area (Å²) in [7, 11) is 3.03. The Balaban J connectivity index is 2.52. The molecule has 108 valence electrons. The molecule has 1 atom stereocenters. The minimum absolute atomic E-state index is 0.340. The molecule has 20 heavy (non-hydrogen) atoms. The van der Waals surface area contributed by atoms with E-state index in [4.69, 9.17) is 9.47 Å². The van der Waals surface area contributed by atoms with Gasteiger partial charge < -0.3 is 14.6 Å². The number of hydrogen-bond acceptors (Lipinski definition) is 4. The zero-order valence-corrected chi connectivity index (χ0v) is 11.6. The Morgan fingerprint density at radius 1 is 1.20 bits per heavy atom. The summed E-state index contributed by atoms with van der Waals surface area (Å²) in [5, 5.41) is 9.20. The Bertz CT molecular complexity index is 535. The fourth-order valence-electron chi connectivity index (χ4n) is 2.58. The van der Waals surface area contributed by atoms with E-state index in [1.165, 1.54) is 14.2 Å². The highest BCUT2D eigenvalue weighted by atomic mass is 16.5. The van der Waals surface area contributed by atoms with E-state index in [9.17, 15) is 14.7 Å². The smallest absolute Gasteiger partial charge is 0.314 e. The van der Waals surface area contributed by atoms with Crippen LogP contribution in [-0.2, 0) is 11.2 Å². The summed E-state index contributed by atoms with van der Waals surface area (Å²) in [6, 6.07) is 3.37. The van der Waals surface area contributed by atoms with Gasteiger partial charge in [0.25, 0.3) is 0 Å². The van der Waals surface area contributed by atoms with Crippen molar-refractivity contribution in [3.63, 3.8) is 0 Å². The molecule has 5 nitrogen and oxygen atoms in total. The zero-order chi connectivity index (χ0) is 14.7. The third kappa shape index (κ3) is 2.61. The highest BCUT2D eigenvalue weighted by molar-refractivity contribution is 6.09. The molecule has 0 saturated heterocycles. The summed E-state index contributed by atoms with van der Waals surface area (Å²) in [6.45, 7) is 0. The number of ketones is 1. The van der Waals surface area contributed by atoms with Crippen LogP contribution in [0.2, 0.25) is 0 Å². The van der Waals surface area contributed by atoms with Gasteiger partial charge in [0.1, 0.15) is 5.92 Å². The van der Waals surface area contributed by atoms with Crippen LogP contribution in [0.25, 0.3) is 0 Å². The summed E-state index contributed by atoms with van der Waals surface area (Å²) in [5.74, 6) is -1.35. The van der Waals surface area contributed by atoms with Crippen LogP contribution in [0, 0.1) is 5.92 Å². The molecule has 0 aromatic heterocycles. The molecule has 0 saturated carbocycles. The third-order valence-electron chi connectivity index (χ3n) is 3.68. The molecule has 2 rings (SSSR count). The van der Waals surface area contributed by atoms with Crippen molar-refractivity contribution in [1.82, 2.24) is 0 Å². The maximum atomic E-state index is 12.4. The maximum absolute atomic E-state index is 12.4. The topological polar surface area (TPSA) is 72.8 Å². The number of methoxy groups -OCH3 is 2. The first kappa shape index (κ1) is 14.4. The molecule has 1 aromatic rings. The van der Waals surface area contributed by atoms with Crippen molar-refractivity contribution in [2.24, 2.45) is 5.92 Å². The van der Waals surface area contributed by atoms with Crippen LogP contribution >= 0.6 is 0 Å². The van der Waals surface area contributed by atoms with Crippen LogP contribution in [0.15, 0.2) is 12.1 Å². The number of Topliss-reactive ketones (excluding diaryl/α,β-unsaturated/α-hetero) is 1. The second-order valence-electron chi connectivity index (χ2n) is 4.87.